The van der Waals surface area contributed by atoms with Crippen LogP contribution in [0.1, 0.15) is 37.1 Å². The molecule has 6 nitrogen and oxygen atoms in total. The zero-order chi connectivity index (χ0) is 12.2. The lowest BCUT2D eigenvalue weighted by Crippen LogP contribution is -2.32. The maximum atomic E-state index is 11.3. The molecule has 0 unspecified atom stereocenters. The van der Waals surface area contributed by atoms with E-state index in [1.807, 2.05) is 0 Å². The van der Waals surface area contributed by atoms with Crippen molar-refractivity contribution >= 4 is 12.4 Å². The zero-order valence-electron chi connectivity index (χ0n) is 9.53. The number of nitrogens with one attached hydrogen (secondary N) is 2. The molecule has 0 aromatic carbocycles. The molecular weight excluding hydrogens is 210 g/mol. The van der Waals surface area contributed by atoms with Gasteiger partial charge in [-0.3, -0.25) is 4.79 Å². The van der Waals surface area contributed by atoms with Gasteiger partial charge in [-0.2, -0.15) is 0 Å². The topological polar surface area (TPSA) is 84.1 Å². The molecule has 0 radical (unpaired) electrons. The number of nitrogens with zero attached hydrogens (tertiary/aromatic N) is 1. The first-order valence-corrected chi connectivity index (χ1v) is 4.86. The van der Waals surface area contributed by atoms with Crippen LogP contribution in [0.4, 0.5) is 4.79 Å². The van der Waals surface area contributed by atoms with Gasteiger partial charge in [0.05, 0.1) is 18.4 Å². The summed E-state index contributed by atoms with van der Waals surface area (Å²) in [6, 6.07) is 0. The van der Waals surface area contributed by atoms with Crippen LogP contribution in [0.3, 0.4) is 0 Å². The number of rotatable bonds is 3. The van der Waals surface area contributed by atoms with Crippen LogP contribution in [-0.4, -0.2) is 27.9 Å². The summed E-state index contributed by atoms with van der Waals surface area (Å²) in [4.78, 5) is 28.3. The third-order valence-corrected chi connectivity index (χ3v) is 1.57. The van der Waals surface area contributed by atoms with Crippen molar-refractivity contribution in [3.63, 3.8) is 0 Å². The van der Waals surface area contributed by atoms with Gasteiger partial charge < -0.3 is 15.0 Å². The van der Waals surface area contributed by atoms with E-state index in [2.05, 4.69) is 15.3 Å². The van der Waals surface area contributed by atoms with Crippen LogP contribution >= 0.6 is 0 Å². The Morgan fingerprint density at radius 1 is 1.62 bits per heavy atom. The van der Waals surface area contributed by atoms with Crippen molar-refractivity contribution in [2.75, 3.05) is 0 Å². The van der Waals surface area contributed by atoms with Gasteiger partial charge in [0.2, 0.25) is 0 Å². The van der Waals surface area contributed by atoms with Crippen LogP contribution in [0.5, 0.6) is 0 Å². The second-order valence-electron chi connectivity index (χ2n) is 4.26. The first-order chi connectivity index (χ1) is 7.40. The summed E-state index contributed by atoms with van der Waals surface area (Å²) in [6.45, 7) is 5.54. The van der Waals surface area contributed by atoms with E-state index < -0.39 is 11.7 Å². The number of aldehydes is 1. The van der Waals surface area contributed by atoms with Crippen LogP contribution in [0, 0.1) is 0 Å². The highest BCUT2D eigenvalue weighted by molar-refractivity contribution is 5.71. The number of hydrogen-bond acceptors (Lipinski definition) is 4. The molecule has 0 atom stereocenters. The molecule has 1 amide bonds. The normalized spacial score (nSPS) is 10.9. The molecule has 0 spiro atoms. The monoisotopic (exact) mass is 225 g/mol. The Morgan fingerprint density at radius 2 is 2.31 bits per heavy atom. The van der Waals surface area contributed by atoms with Crippen molar-refractivity contribution in [3.05, 3.63) is 17.7 Å². The van der Waals surface area contributed by atoms with E-state index in [0.717, 1.165) is 0 Å². The molecular formula is C10H15N3O3. The third-order valence-electron chi connectivity index (χ3n) is 1.57. The predicted molar refractivity (Wildman–Crippen MR) is 57.0 cm³/mol. The highest BCUT2D eigenvalue weighted by atomic mass is 16.6. The van der Waals surface area contributed by atoms with Crippen molar-refractivity contribution in [2.45, 2.75) is 32.9 Å². The summed E-state index contributed by atoms with van der Waals surface area (Å²) in [5.41, 5.74) is -0.151. The second kappa shape index (κ2) is 4.78. The largest absolute Gasteiger partial charge is 0.444 e. The summed E-state index contributed by atoms with van der Waals surface area (Å²) < 4.78 is 5.03. The van der Waals surface area contributed by atoms with E-state index in [1.165, 1.54) is 6.20 Å². The summed E-state index contributed by atoms with van der Waals surface area (Å²) >= 11 is 0. The maximum Gasteiger partial charge on any atom is 0.408 e. The standard InChI is InChI=1S/C10H15N3O3/c1-10(2,3)16-9(15)12-5-8-11-4-7(6-14)13-8/h4,6H,5H2,1-3H3,(H,11,13)(H,12,15). The van der Waals surface area contributed by atoms with Crippen molar-refractivity contribution in [2.24, 2.45) is 0 Å². The first-order valence-electron chi connectivity index (χ1n) is 4.86. The van der Waals surface area contributed by atoms with Gasteiger partial charge in [-0.15, -0.1) is 0 Å². The molecule has 1 aromatic heterocycles. The minimum atomic E-state index is -0.527. The number of ether oxygens (including phenoxy) is 1. The minimum Gasteiger partial charge on any atom is -0.444 e. The number of carbonyl (C=O) groups excluding carboxylic acids is 2. The fraction of sp³-hybridized carbons (Fsp3) is 0.500. The Labute approximate surface area is 93.4 Å². The minimum absolute atomic E-state index is 0.197. The van der Waals surface area contributed by atoms with Crippen molar-refractivity contribution in [3.8, 4) is 0 Å². The van der Waals surface area contributed by atoms with Crippen molar-refractivity contribution in [1.29, 1.82) is 0 Å². The number of H-pyrrole nitrogens is 1. The fourth-order valence-electron chi connectivity index (χ4n) is 0.998. The third kappa shape index (κ3) is 4.12. The van der Waals surface area contributed by atoms with E-state index in [9.17, 15) is 9.59 Å². The fourth-order valence-corrected chi connectivity index (χ4v) is 0.998. The molecule has 0 saturated heterocycles. The SMILES string of the molecule is CC(C)(C)OC(=O)NCc1ncc(C=O)[nH]1. The van der Waals surface area contributed by atoms with Gasteiger partial charge in [0, 0.05) is 0 Å². The Morgan fingerprint density at radius 3 is 2.81 bits per heavy atom. The van der Waals surface area contributed by atoms with E-state index in [-0.39, 0.29) is 6.54 Å². The number of alkyl carbamates (subject to hydrolysis) is 1. The number of imidazole rings is 1. The highest BCUT2D eigenvalue weighted by Gasteiger charge is 2.15. The Hall–Kier alpha value is -1.85. The number of hydrogen-bond donors (Lipinski definition) is 2. The van der Waals surface area contributed by atoms with Crippen LogP contribution in [-0.2, 0) is 11.3 Å². The molecule has 0 aliphatic heterocycles. The molecule has 0 aliphatic carbocycles. The van der Waals surface area contributed by atoms with E-state index in [4.69, 9.17) is 4.74 Å². The lowest BCUT2D eigenvalue weighted by Gasteiger charge is -2.19. The van der Waals surface area contributed by atoms with Crippen molar-refractivity contribution in [1.82, 2.24) is 15.3 Å². The van der Waals surface area contributed by atoms with Gasteiger partial charge >= 0.3 is 6.09 Å². The van der Waals surface area contributed by atoms with Gasteiger partial charge in [0.15, 0.2) is 6.29 Å². The lowest BCUT2D eigenvalue weighted by molar-refractivity contribution is 0.0522. The molecule has 6 heteroatoms. The molecule has 1 heterocycles. The molecule has 1 aromatic rings. The van der Waals surface area contributed by atoms with Gasteiger partial charge in [0.1, 0.15) is 11.4 Å². The highest BCUT2D eigenvalue weighted by Crippen LogP contribution is 2.06. The Kier molecular flexibility index (Phi) is 3.65. The van der Waals surface area contributed by atoms with E-state index >= 15 is 0 Å². The molecule has 16 heavy (non-hydrogen) atoms. The zero-order valence-corrected chi connectivity index (χ0v) is 9.53. The van der Waals surface area contributed by atoms with E-state index in [1.54, 1.807) is 20.8 Å². The number of carbonyl (C=O) groups is 2. The number of amides is 1. The Balaban J connectivity index is 2.40. The smallest absolute Gasteiger partial charge is 0.408 e. The predicted octanol–water partition coefficient (Wildman–Crippen LogP) is 1.25. The average Bonchev–Trinajstić information content (AvgIpc) is 2.59. The van der Waals surface area contributed by atoms with Gasteiger partial charge in [-0.25, -0.2) is 9.78 Å². The summed E-state index contributed by atoms with van der Waals surface area (Å²) in [7, 11) is 0. The molecule has 0 saturated carbocycles. The number of aromatic nitrogens is 2. The molecule has 88 valence electrons. The van der Waals surface area contributed by atoms with E-state index in [0.29, 0.717) is 17.8 Å². The van der Waals surface area contributed by atoms with Crippen LogP contribution in [0.25, 0.3) is 0 Å². The number of aromatic amines is 1. The van der Waals surface area contributed by atoms with Crippen LogP contribution in [0.2, 0.25) is 0 Å². The van der Waals surface area contributed by atoms with Gasteiger partial charge in [-0.05, 0) is 20.8 Å². The maximum absolute atomic E-state index is 11.3. The van der Waals surface area contributed by atoms with Crippen LogP contribution < -0.4 is 5.32 Å². The summed E-state index contributed by atoms with van der Waals surface area (Å²) in [6.07, 6.45) is 1.54. The van der Waals surface area contributed by atoms with Crippen molar-refractivity contribution < 1.29 is 14.3 Å². The molecule has 0 fully saturated rings. The Bertz CT molecular complexity index is 379. The first kappa shape index (κ1) is 12.2. The quantitative estimate of drug-likeness (QED) is 0.758. The van der Waals surface area contributed by atoms with Gasteiger partial charge in [-0.1, -0.05) is 0 Å². The molecule has 0 aliphatic rings. The van der Waals surface area contributed by atoms with Gasteiger partial charge in [0.25, 0.3) is 0 Å². The summed E-state index contributed by atoms with van der Waals surface area (Å²) in [5, 5.41) is 2.52. The summed E-state index contributed by atoms with van der Waals surface area (Å²) in [5.74, 6) is 0.507. The second-order valence-corrected chi connectivity index (χ2v) is 4.26. The average molecular weight is 225 g/mol. The lowest BCUT2D eigenvalue weighted by atomic mass is 10.2. The van der Waals surface area contributed by atoms with Crippen LogP contribution in [0.15, 0.2) is 6.20 Å². The molecule has 0 bridgehead atoms. The molecule has 1 rings (SSSR count). The molecule has 2 N–H and O–H groups in total.